The average Bonchev–Trinajstić information content (AvgIpc) is 3.17. The number of hydrogen-bond donors (Lipinski definition) is 1. The fourth-order valence-electron chi connectivity index (χ4n) is 2.93. The molecule has 0 saturated heterocycles. The van der Waals surface area contributed by atoms with Gasteiger partial charge in [-0.05, 0) is 38.1 Å². The van der Waals surface area contributed by atoms with Crippen LogP contribution in [0.5, 0.6) is 11.5 Å². The summed E-state index contributed by atoms with van der Waals surface area (Å²) in [5, 5.41) is 12.1. The molecule has 3 aromatic rings. The number of carbonyl (C=O) groups is 1. The van der Waals surface area contributed by atoms with E-state index in [0.29, 0.717) is 29.0 Å². The summed E-state index contributed by atoms with van der Waals surface area (Å²) in [6.07, 6.45) is 1.39. The van der Waals surface area contributed by atoms with Crippen LogP contribution >= 0.6 is 11.8 Å². The minimum Gasteiger partial charge on any atom is -0.493 e. The molecule has 1 amide bonds. The van der Waals surface area contributed by atoms with Crippen molar-refractivity contribution in [2.45, 2.75) is 31.7 Å². The smallest absolute Gasteiger partial charge is 0.234 e. The van der Waals surface area contributed by atoms with Gasteiger partial charge in [0.15, 0.2) is 28.6 Å². The first kappa shape index (κ1) is 22.4. The molecule has 1 unspecified atom stereocenters. The van der Waals surface area contributed by atoms with Crippen molar-refractivity contribution < 1.29 is 14.3 Å². The van der Waals surface area contributed by atoms with Crippen molar-refractivity contribution in [2.24, 2.45) is 0 Å². The highest BCUT2D eigenvalue weighted by molar-refractivity contribution is 7.99. The number of carbonyl (C=O) groups excluding carboxylic acids is 1. The van der Waals surface area contributed by atoms with Crippen LogP contribution in [0, 0.1) is 6.92 Å². The fraction of sp³-hybridized carbons (Fsp3) is 0.261. The molecule has 162 valence electrons. The molecule has 0 aliphatic rings. The van der Waals surface area contributed by atoms with Gasteiger partial charge >= 0.3 is 0 Å². The second kappa shape index (κ2) is 10.7. The van der Waals surface area contributed by atoms with Gasteiger partial charge in [-0.25, -0.2) is 0 Å². The van der Waals surface area contributed by atoms with Crippen LogP contribution < -0.4 is 14.8 Å². The summed E-state index contributed by atoms with van der Waals surface area (Å²) < 4.78 is 13.3. The summed E-state index contributed by atoms with van der Waals surface area (Å²) >= 11 is 1.32. The van der Waals surface area contributed by atoms with Gasteiger partial charge in [-0.2, -0.15) is 0 Å². The minimum atomic E-state index is -0.375. The van der Waals surface area contributed by atoms with Crippen LogP contribution in [0.2, 0.25) is 0 Å². The number of benzene rings is 2. The number of nitrogens with zero attached hydrogens (tertiary/aromatic N) is 3. The summed E-state index contributed by atoms with van der Waals surface area (Å²) in [4.78, 5) is 12.3. The van der Waals surface area contributed by atoms with E-state index in [4.69, 9.17) is 9.47 Å². The molecule has 8 heteroatoms. The molecule has 0 aliphatic carbocycles. The first-order chi connectivity index (χ1) is 15.0. The highest BCUT2D eigenvalue weighted by atomic mass is 32.2. The molecule has 1 heterocycles. The van der Waals surface area contributed by atoms with Crippen LogP contribution in [0.1, 0.15) is 24.4 Å². The van der Waals surface area contributed by atoms with E-state index in [2.05, 4.69) is 22.1 Å². The summed E-state index contributed by atoms with van der Waals surface area (Å²) in [5.74, 6) is 2.02. The van der Waals surface area contributed by atoms with E-state index in [-0.39, 0.29) is 17.8 Å². The Bertz CT molecular complexity index is 1030. The van der Waals surface area contributed by atoms with E-state index in [1.165, 1.54) is 11.8 Å². The van der Waals surface area contributed by atoms with Gasteiger partial charge in [0.25, 0.3) is 0 Å². The molecule has 2 aromatic carbocycles. The van der Waals surface area contributed by atoms with Crippen molar-refractivity contribution in [3.63, 3.8) is 0 Å². The predicted octanol–water partition coefficient (Wildman–Crippen LogP) is 4.65. The molecular weight excluding hydrogens is 412 g/mol. The van der Waals surface area contributed by atoms with Crippen LogP contribution in [0.25, 0.3) is 0 Å². The molecule has 0 radical (unpaired) electrons. The van der Waals surface area contributed by atoms with Crippen LogP contribution in [-0.4, -0.2) is 33.5 Å². The van der Waals surface area contributed by atoms with Crippen LogP contribution in [0.4, 0.5) is 5.69 Å². The van der Waals surface area contributed by atoms with Crippen molar-refractivity contribution >= 4 is 23.4 Å². The summed E-state index contributed by atoms with van der Waals surface area (Å²) in [7, 11) is 1.60. The zero-order chi connectivity index (χ0) is 22.2. The normalized spacial score (nSPS) is 11.6. The molecule has 0 fully saturated rings. The number of ether oxygens (including phenoxy) is 2. The number of hydrogen-bond acceptors (Lipinski definition) is 6. The quantitative estimate of drug-likeness (QED) is 0.367. The number of aromatic nitrogens is 3. The molecule has 0 aliphatic heterocycles. The Morgan fingerprint density at radius 2 is 1.90 bits per heavy atom. The molecule has 0 saturated carbocycles. The number of allylic oxidation sites excluding steroid dienone is 1. The maximum atomic E-state index is 12.3. The van der Waals surface area contributed by atoms with Gasteiger partial charge in [-0.3, -0.25) is 9.36 Å². The molecule has 31 heavy (non-hydrogen) atoms. The third-order valence-corrected chi connectivity index (χ3v) is 5.43. The SMILES string of the molecule is C=CCn1c(SCC(=O)Nc2ccc(C)cc2)nnc1C(C)Oc1ccccc1OC. The Balaban J connectivity index is 1.68. The van der Waals surface area contributed by atoms with Crippen molar-refractivity contribution in [3.05, 3.63) is 72.6 Å². The minimum absolute atomic E-state index is 0.109. The Morgan fingerprint density at radius 3 is 2.58 bits per heavy atom. The van der Waals surface area contributed by atoms with E-state index in [9.17, 15) is 4.79 Å². The topological polar surface area (TPSA) is 78.3 Å². The van der Waals surface area contributed by atoms with Gasteiger partial charge in [0.2, 0.25) is 5.91 Å². The van der Waals surface area contributed by atoms with E-state index in [0.717, 1.165) is 11.3 Å². The number of thioether (sulfide) groups is 1. The number of aryl methyl sites for hydroxylation is 1. The summed E-state index contributed by atoms with van der Waals surface area (Å²) in [5.41, 5.74) is 1.91. The number of amides is 1. The summed E-state index contributed by atoms with van der Waals surface area (Å²) in [6, 6.07) is 15.1. The zero-order valence-electron chi connectivity index (χ0n) is 17.9. The maximum absolute atomic E-state index is 12.3. The average molecular weight is 439 g/mol. The number of anilines is 1. The second-order valence-corrected chi connectivity index (χ2v) is 7.80. The Hall–Kier alpha value is -3.26. The highest BCUT2D eigenvalue weighted by Crippen LogP contribution is 2.31. The van der Waals surface area contributed by atoms with Gasteiger partial charge in [0, 0.05) is 12.2 Å². The van der Waals surface area contributed by atoms with Crippen molar-refractivity contribution in [1.29, 1.82) is 0 Å². The number of nitrogens with one attached hydrogen (secondary N) is 1. The third-order valence-electron chi connectivity index (χ3n) is 4.46. The lowest BCUT2D eigenvalue weighted by Crippen LogP contribution is -2.15. The number of para-hydroxylation sites is 2. The molecule has 1 N–H and O–H groups in total. The molecule has 1 atom stereocenters. The monoisotopic (exact) mass is 438 g/mol. The van der Waals surface area contributed by atoms with Crippen molar-refractivity contribution in [1.82, 2.24) is 14.8 Å². The number of methoxy groups -OCH3 is 1. The Kier molecular flexibility index (Phi) is 7.72. The van der Waals surface area contributed by atoms with Gasteiger partial charge in [0.05, 0.1) is 12.9 Å². The van der Waals surface area contributed by atoms with E-state index in [1.807, 2.05) is 66.9 Å². The van der Waals surface area contributed by atoms with Gasteiger partial charge in [-0.15, -0.1) is 16.8 Å². The number of rotatable bonds is 10. The standard InChI is InChI=1S/C23H26N4O3S/c1-5-14-27-22(17(3)30-20-9-7-6-8-19(20)29-4)25-26-23(27)31-15-21(28)24-18-12-10-16(2)11-13-18/h5-13,17H,1,14-15H2,2-4H3,(H,24,28). The second-order valence-electron chi connectivity index (χ2n) is 6.85. The lowest BCUT2D eigenvalue weighted by atomic mass is 10.2. The first-order valence-electron chi connectivity index (χ1n) is 9.84. The maximum Gasteiger partial charge on any atom is 0.234 e. The fourth-order valence-corrected chi connectivity index (χ4v) is 3.69. The highest BCUT2D eigenvalue weighted by Gasteiger charge is 2.20. The zero-order valence-corrected chi connectivity index (χ0v) is 18.7. The lowest BCUT2D eigenvalue weighted by Gasteiger charge is -2.17. The molecule has 3 rings (SSSR count). The van der Waals surface area contributed by atoms with Crippen molar-refractivity contribution in [3.8, 4) is 11.5 Å². The van der Waals surface area contributed by atoms with Crippen LogP contribution in [0.3, 0.4) is 0 Å². The molecular formula is C23H26N4O3S. The largest absolute Gasteiger partial charge is 0.493 e. The van der Waals surface area contributed by atoms with E-state index < -0.39 is 0 Å². The van der Waals surface area contributed by atoms with Gasteiger partial charge in [-0.1, -0.05) is 47.7 Å². The Labute approximate surface area is 186 Å². The van der Waals surface area contributed by atoms with Crippen molar-refractivity contribution in [2.75, 3.05) is 18.2 Å². The third kappa shape index (κ3) is 5.88. The Morgan fingerprint density at radius 1 is 1.19 bits per heavy atom. The van der Waals surface area contributed by atoms with Crippen LogP contribution in [-0.2, 0) is 11.3 Å². The summed E-state index contributed by atoms with van der Waals surface area (Å²) in [6.45, 7) is 8.23. The van der Waals surface area contributed by atoms with Gasteiger partial charge in [0.1, 0.15) is 0 Å². The first-order valence-corrected chi connectivity index (χ1v) is 10.8. The molecule has 0 spiro atoms. The van der Waals surface area contributed by atoms with Gasteiger partial charge < -0.3 is 14.8 Å². The van der Waals surface area contributed by atoms with Crippen LogP contribution in [0.15, 0.2) is 66.3 Å². The molecule has 0 bridgehead atoms. The van der Waals surface area contributed by atoms with E-state index in [1.54, 1.807) is 13.2 Å². The van der Waals surface area contributed by atoms with E-state index >= 15 is 0 Å². The molecule has 1 aromatic heterocycles. The molecule has 7 nitrogen and oxygen atoms in total. The lowest BCUT2D eigenvalue weighted by molar-refractivity contribution is -0.113. The predicted molar refractivity (Wildman–Crippen MR) is 123 cm³/mol.